The number of imidazole rings is 1. The Labute approximate surface area is 163 Å². The van der Waals surface area contributed by atoms with E-state index in [1.165, 1.54) is 0 Å². The summed E-state index contributed by atoms with van der Waals surface area (Å²) in [6.45, 7) is 0. The van der Waals surface area contributed by atoms with Gasteiger partial charge in [0.1, 0.15) is 12.4 Å². The number of ether oxygens (including phenoxy) is 1. The largest absolute Gasteiger partial charge is 0.425 e. The van der Waals surface area contributed by atoms with Gasteiger partial charge in [0.05, 0.1) is 24.1 Å². The van der Waals surface area contributed by atoms with Gasteiger partial charge in [-0.3, -0.25) is 13.9 Å². The van der Waals surface area contributed by atoms with Crippen LogP contribution in [0.5, 0.6) is 5.75 Å². The van der Waals surface area contributed by atoms with Crippen LogP contribution in [0.4, 0.5) is 0 Å². The van der Waals surface area contributed by atoms with Crippen LogP contribution in [0.3, 0.4) is 0 Å². The van der Waals surface area contributed by atoms with Gasteiger partial charge in [0.2, 0.25) is 0 Å². The number of hydrogen-bond donors (Lipinski definition) is 0. The quantitative estimate of drug-likeness (QED) is 0.292. The van der Waals surface area contributed by atoms with Crippen molar-refractivity contribution < 1.29 is 14.1 Å². The standard InChI is InChI=1S/C19H17BCl2N2O2/c1-23-11-12-24(2)19(23)20-16(13-7-4-3-5-8-13)18(25)26-17-14(21)9-6-10-15(17)22/h3-12,16H,1-2H3. The Kier molecular flexibility index (Phi) is 5.69. The monoisotopic (exact) mass is 386 g/mol. The highest BCUT2D eigenvalue weighted by molar-refractivity contribution is 6.56. The van der Waals surface area contributed by atoms with Crippen molar-refractivity contribution in [2.75, 3.05) is 0 Å². The predicted octanol–water partition coefficient (Wildman–Crippen LogP) is 2.83. The van der Waals surface area contributed by atoms with Gasteiger partial charge in [0.15, 0.2) is 5.75 Å². The minimum absolute atomic E-state index is 0.173. The average molecular weight is 387 g/mol. The van der Waals surface area contributed by atoms with Crippen molar-refractivity contribution in [2.24, 2.45) is 14.1 Å². The van der Waals surface area contributed by atoms with Crippen molar-refractivity contribution in [3.8, 4) is 5.75 Å². The SMILES string of the molecule is Cn1cc[n+](C)c1[B-]C(C(=O)Oc1c(Cl)cccc1Cl)c1ccccc1. The smallest absolute Gasteiger partial charge is 0.277 e. The number of aromatic nitrogens is 2. The highest BCUT2D eigenvalue weighted by atomic mass is 35.5. The summed E-state index contributed by atoms with van der Waals surface area (Å²) in [4.78, 5) is 13.0. The maximum atomic E-state index is 13.0. The molecule has 0 N–H and O–H groups in total. The molecule has 1 heterocycles. The molecular weight excluding hydrogens is 370 g/mol. The van der Waals surface area contributed by atoms with E-state index < -0.39 is 11.8 Å². The third-order valence-electron chi connectivity index (χ3n) is 4.09. The van der Waals surface area contributed by atoms with Crippen molar-refractivity contribution in [1.29, 1.82) is 0 Å². The van der Waals surface area contributed by atoms with E-state index in [1.54, 1.807) is 18.2 Å². The molecule has 0 fully saturated rings. The first kappa shape index (κ1) is 18.6. The van der Waals surface area contributed by atoms with E-state index in [9.17, 15) is 4.79 Å². The summed E-state index contributed by atoms with van der Waals surface area (Å²) in [7, 11) is 5.71. The minimum Gasteiger partial charge on any atom is -0.425 e. The van der Waals surface area contributed by atoms with Gasteiger partial charge in [-0.25, -0.2) is 0 Å². The van der Waals surface area contributed by atoms with Gasteiger partial charge in [-0.2, -0.15) is 7.28 Å². The number of para-hydroxylation sites is 1. The van der Waals surface area contributed by atoms with Gasteiger partial charge in [0, 0.05) is 5.72 Å². The molecule has 3 aromatic rings. The first-order valence-corrected chi connectivity index (χ1v) is 8.79. The van der Waals surface area contributed by atoms with Crippen molar-refractivity contribution in [1.82, 2.24) is 4.57 Å². The molecule has 2 radical (unpaired) electrons. The molecule has 132 valence electrons. The van der Waals surface area contributed by atoms with E-state index in [-0.39, 0.29) is 5.75 Å². The number of aryl methyl sites for hydroxylation is 2. The lowest BCUT2D eigenvalue weighted by atomic mass is 9.60. The Morgan fingerprint density at radius 1 is 1.12 bits per heavy atom. The molecule has 2 aromatic carbocycles. The molecule has 0 amide bonds. The molecule has 1 atom stereocenters. The summed E-state index contributed by atoms with van der Waals surface area (Å²) >= 11 is 12.3. The number of benzene rings is 2. The zero-order valence-electron chi connectivity index (χ0n) is 14.4. The number of esters is 1. The summed E-state index contributed by atoms with van der Waals surface area (Å²) in [5.41, 5.74) is 1.70. The van der Waals surface area contributed by atoms with Crippen LogP contribution in [0.25, 0.3) is 0 Å². The van der Waals surface area contributed by atoms with Crippen molar-refractivity contribution >= 4 is 42.2 Å². The van der Waals surface area contributed by atoms with Crippen LogP contribution in [0.1, 0.15) is 11.4 Å². The molecule has 7 heteroatoms. The van der Waals surface area contributed by atoms with Crippen LogP contribution in [0, 0.1) is 0 Å². The fourth-order valence-electron chi connectivity index (χ4n) is 2.69. The molecule has 0 spiro atoms. The Balaban J connectivity index is 1.94. The number of rotatable bonds is 5. The fourth-order valence-corrected chi connectivity index (χ4v) is 3.17. The van der Waals surface area contributed by atoms with Gasteiger partial charge >= 0.3 is 0 Å². The Hall–Kier alpha value is -2.24. The maximum absolute atomic E-state index is 13.0. The third-order valence-corrected chi connectivity index (χ3v) is 4.68. The van der Waals surface area contributed by atoms with Crippen LogP contribution in [0.2, 0.25) is 10.0 Å². The number of nitrogens with zero attached hydrogens (tertiary/aromatic N) is 2. The van der Waals surface area contributed by atoms with E-state index in [4.69, 9.17) is 27.9 Å². The molecule has 26 heavy (non-hydrogen) atoms. The van der Waals surface area contributed by atoms with E-state index in [1.807, 2.05) is 73.2 Å². The minimum atomic E-state index is -0.608. The number of hydrogen-bond acceptors (Lipinski definition) is 2. The van der Waals surface area contributed by atoms with E-state index in [0.29, 0.717) is 10.0 Å². The van der Waals surface area contributed by atoms with Crippen LogP contribution in [0.15, 0.2) is 60.9 Å². The average Bonchev–Trinajstić information content (AvgIpc) is 2.95. The Morgan fingerprint density at radius 2 is 1.77 bits per heavy atom. The first-order chi connectivity index (χ1) is 12.5. The highest BCUT2D eigenvalue weighted by Crippen LogP contribution is 2.33. The second kappa shape index (κ2) is 7.98. The Bertz CT molecular complexity index is 889. The van der Waals surface area contributed by atoms with Crippen LogP contribution in [-0.2, 0) is 18.9 Å². The summed E-state index contributed by atoms with van der Waals surface area (Å²) < 4.78 is 9.44. The molecule has 0 saturated carbocycles. The number of carbonyl (C=O) groups is 1. The van der Waals surface area contributed by atoms with Crippen molar-refractivity contribution in [3.05, 3.63) is 76.5 Å². The molecule has 0 aliphatic carbocycles. The van der Waals surface area contributed by atoms with Gasteiger partial charge in [-0.1, -0.05) is 71.0 Å². The third kappa shape index (κ3) is 3.95. The van der Waals surface area contributed by atoms with Gasteiger partial charge < -0.3 is 4.74 Å². The van der Waals surface area contributed by atoms with E-state index in [0.717, 1.165) is 11.3 Å². The van der Waals surface area contributed by atoms with Crippen LogP contribution < -0.4 is 15.0 Å². The zero-order valence-corrected chi connectivity index (χ0v) is 15.9. The second-order valence-corrected chi connectivity index (χ2v) is 6.72. The molecule has 1 unspecified atom stereocenters. The van der Waals surface area contributed by atoms with E-state index in [2.05, 4.69) is 0 Å². The molecule has 0 aliphatic rings. The Morgan fingerprint density at radius 3 is 2.35 bits per heavy atom. The highest BCUT2D eigenvalue weighted by Gasteiger charge is 2.19. The van der Waals surface area contributed by atoms with Crippen LogP contribution in [-0.4, -0.2) is 17.8 Å². The van der Waals surface area contributed by atoms with Gasteiger partial charge in [-0.15, -0.1) is 0 Å². The van der Waals surface area contributed by atoms with Gasteiger partial charge in [-0.05, 0) is 12.1 Å². The molecule has 0 bridgehead atoms. The molecule has 3 rings (SSSR count). The fraction of sp³-hybridized carbons (Fsp3) is 0.158. The maximum Gasteiger partial charge on any atom is 0.277 e. The molecule has 0 saturated heterocycles. The lowest BCUT2D eigenvalue weighted by molar-refractivity contribution is -0.653. The topological polar surface area (TPSA) is 35.1 Å². The van der Waals surface area contributed by atoms with Gasteiger partial charge in [0.25, 0.3) is 5.97 Å². The number of halogens is 2. The number of carbonyl (C=O) groups excluding carboxylic acids is 1. The normalized spacial score (nSPS) is 12.0. The molecule has 0 aliphatic heterocycles. The predicted molar refractivity (Wildman–Crippen MR) is 103 cm³/mol. The van der Waals surface area contributed by atoms with Crippen molar-refractivity contribution in [3.63, 3.8) is 0 Å². The first-order valence-electron chi connectivity index (χ1n) is 8.04. The molecule has 1 aromatic heterocycles. The summed E-state index contributed by atoms with van der Waals surface area (Å²) in [5.74, 6) is -0.887. The van der Waals surface area contributed by atoms with Crippen LogP contribution >= 0.6 is 23.2 Å². The lowest BCUT2D eigenvalue weighted by Gasteiger charge is -2.26. The zero-order chi connectivity index (χ0) is 18.7. The van der Waals surface area contributed by atoms with E-state index >= 15 is 0 Å². The second-order valence-electron chi connectivity index (χ2n) is 5.91. The molecular formula is C19H17BCl2N2O2. The summed E-state index contributed by atoms with van der Waals surface area (Å²) in [6, 6.07) is 14.4. The summed E-state index contributed by atoms with van der Waals surface area (Å²) in [6.07, 6.45) is 3.84. The lowest BCUT2D eigenvalue weighted by Crippen LogP contribution is -2.52. The van der Waals surface area contributed by atoms with Crippen molar-refractivity contribution in [2.45, 2.75) is 5.82 Å². The molecule has 4 nitrogen and oxygen atoms in total. The summed E-state index contributed by atoms with van der Waals surface area (Å²) in [5, 5.41) is 0.587.